The second-order valence-corrected chi connectivity index (χ2v) is 14.4. The maximum atomic E-state index is 14.4. The van der Waals surface area contributed by atoms with Crippen LogP contribution in [0.1, 0.15) is 86.2 Å². The highest BCUT2D eigenvalue weighted by molar-refractivity contribution is 7.09. The fourth-order valence-corrected chi connectivity index (χ4v) is 6.40. The molecule has 5 rings (SSSR count). The van der Waals surface area contributed by atoms with Crippen LogP contribution in [0.15, 0.2) is 60.0 Å². The molecule has 0 amide bonds. The van der Waals surface area contributed by atoms with Crippen molar-refractivity contribution in [2.75, 3.05) is 7.11 Å². The molecule has 9 nitrogen and oxygen atoms in total. The van der Waals surface area contributed by atoms with E-state index in [0.29, 0.717) is 42.5 Å². The first kappa shape index (κ1) is 34.8. The van der Waals surface area contributed by atoms with Gasteiger partial charge in [-0.1, -0.05) is 57.9 Å². The number of hydrogen-bond acceptors (Lipinski definition) is 8. The highest BCUT2D eigenvalue weighted by Gasteiger charge is 2.35. The van der Waals surface area contributed by atoms with Gasteiger partial charge in [0.25, 0.3) is 0 Å². The van der Waals surface area contributed by atoms with Crippen LogP contribution in [0.4, 0.5) is 0 Å². The maximum Gasteiger partial charge on any atom is 0.309 e. The molecule has 0 unspecified atom stereocenters. The molecule has 0 saturated carbocycles. The summed E-state index contributed by atoms with van der Waals surface area (Å²) in [6.07, 6.45) is 2.26. The third kappa shape index (κ3) is 7.59. The lowest BCUT2D eigenvalue weighted by Gasteiger charge is -2.26. The third-order valence-electron chi connectivity index (χ3n) is 9.40. The first-order valence-corrected chi connectivity index (χ1v) is 17.2. The quantitative estimate of drug-likeness (QED) is 0.110. The van der Waals surface area contributed by atoms with Gasteiger partial charge in [0.1, 0.15) is 12.4 Å². The molecule has 0 aliphatic heterocycles. The van der Waals surface area contributed by atoms with Crippen molar-refractivity contribution >= 4 is 34.0 Å². The zero-order chi connectivity index (χ0) is 34.6. The number of carbonyl (C=O) groups is 2. The summed E-state index contributed by atoms with van der Waals surface area (Å²) in [6, 6.07) is 17.5. The molecule has 5 aromatic rings. The van der Waals surface area contributed by atoms with Crippen molar-refractivity contribution in [3.05, 3.63) is 87.5 Å². The lowest BCUT2D eigenvalue weighted by molar-refractivity contribution is -0.146. The van der Waals surface area contributed by atoms with Gasteiger partial charge in [0.05, 0.1) is 28.9 Å². The van der Waals surface area contributed by atoms with Crippen molar-refractivity contribution in [1.82, 2.24) is 19.7 Å². The SMILES string of the molecule is CCC(C)(CC)CC(=O)c1c(CC(C)(C)C(=O)O)n(Cc2ccc(-c3ccc(OC)nn3)cc2)c2ccc(OCc3csc(C)n3)cc12. The van der Waals surface area contributed by atoms with Crippen LogP contribution >= 0.6 is 11.3 Å². The molecule has 0 spiro atoms. The lowest BCUT2D eigenvalue weighted by atomic mass is 9.78. The highest BCUT2D eigenvalue weighted by Crippen LogP contribution is 2.39. The molecule has 0 atom stereocenters. The number of carboxylic acids is 1. The first-order valence-electron chi connectivity index (χ1n) is 16.3. The summed E-state index contributed by atoms with van der Waals surface area (Å²) in [5.74, 6) is 0.170. The number of carbonyl (C=O) groups excluding carboxylic acids is 1. The maximum absolute atomic E-state index is 14.4. The van der Waals surface area contributed by atoms with Crippen LogP contribution in [0, 0.1) is 17.8 Å². The van der Waals surface area contributed by atoms with Crippen molar-refractivity contribution in [2.45, 2.75) is 80.4 Å². The van der Waals surface area contributed by atoms with E-state index in [0.717, 1.165) is 51.3 Å². The Morgan fingerprint density at radius 2 is 1.71 bits per heavy atom. The molecule has 0 fully saturated rings. The van der Waals surface area contributed by atoms with E-state index in [1.54, 1.807) is 38.4 Å². The summed E-state index contributed by atoms with van der Waals surface area (Å²) in [5, 5.41) is 22.3. The zero-order valence-electron chi connectivity index (χ0n) is 28.8. The average molecular weight is 669 g/mol. The van der Waals surface area contributed by atoms with E-state index in [-0.39, 0.29) is 17.6 Å². The Labute approximate surface area is 286 Å². The summed E-state index contributed by atoms with van der Waals surface area (Å²) >= 11 is 1.57. The van der Waals surface area contributed by atoms with Crippen LogP contribution in [0.25, 0.3) is 22.2 Å². The number of aryl methyl sites for hydroxylation is 1. The van der Waals surface area contributed by atoms with Crippen molar-refractivity contribution in [1.29, 1.82) is 0 Å². The number of thiazole rings is 1. The molecule has 0 saturated heterocycles. The number of rotatable bonds is 15. The fourth-order valence-electron chi connectivity index (χ4n) is 5.80. The third-order valence-corrected chi connectivity index (χ3v) is 10.2. The van der Waals surface area contributed by atoms with E-state index >= 15 is 0 Å². The molecule has 252 valence electrons. The van der Waals surface area contributed by atoms with Gasteiger partial charge in [-0.3, -0.25) is 9.59 Å². The second kappa shape index (κ2) is 14.3. The van der Waals surface area contributed by atoms with E-state index in [4.69, 9.17) is 9.47 Å². The van der Waals surface area contributed by atoms with Gasteiger partial charge in [0, 0.05) is 58.6 Å². The number of fused-ring (bicyclic) bond motifs is 1. The molecule has 0 aliphatic rings. The number of carboxylic acid groups (broad SMARTS) is 1. The lowest BCUT2D eigenvalue weighted by Crippen LogP contribution is -2.29. The largest absolute Gasteiger partial charge is 0.487 e. The number of ketones is 1. The molecule has 1 N–H and O–H groups in total. The number of Topliss-reactive ketones (excluding diaryl/α,β-unsaturated/α-hetero) is 1. The Morgan fingerprint density at radius 1 is 0.979 bits per heavy atom. The van der Waals surface area contributed by atoms with E-state index in [9.17, 15) is 14.7 Å². The Kier molecular flexibility index (Phi) is 10.3. The summed E-state index contributed by atoms with van der Waals surface area (Å²) in [5.41, 5.74) is 4.33. The summed E-state index contributed by atoms with van der Waals surface area (Å²) < 4.78 is 13.4. The highest BCUT2D eigenvalue weighted by atomic mass is 32.1. The van der Waals surface area contributed by atoms with Gasteiger partial charge in [0.2, 0.25) is 5.88 Å². The number of nitrogens with zero attached hydrogens (tertiary/aromatic N) is 4. The van der Waals surface area contributed by atoms with Crippen LogP contribution in [0.2, 0.25) is 0 Å². The standard InChI is InChI=1S/C38H44N4O5S/c1-8-38(6,9-2)20-33(43)35-29-18-28(47-22-27-23-48-24(3)39-27)14-16-31(29)42(32(35)19-37(4,5)36(44)45)21-25-10-12-26(13-11-25)30-15-17-34(46-7)41-40-30/h10-18,23H,8-9,19-22H2,1-7H3,(H,44,45). The van der Waals surface area contributed by atoms with Gasteiger partial charge in [-0.25, -0.2) is 4.98 Å². The zero-order valence-corrected chi connectivity index (χ0v) is 29.6. The topological polar surface area (TPSA) is 116 Å². The van der Waals surface area contributed by atoms with Crippen molar-refractivity contribution < 1.29 is 24.2 Å². The smallest absolute Gasteiger partial charge is 0.309 e. The summed E-state index contributed by atoms with van der Waals surface area (Å²) in [6.45, 7) is 12.5. The molecular weight excluding hydrogens is 625 g/mol. The van der Waals surface area contributed by atoms with Gasteiger partial charge in [-0.15, -0.1) is 21.5 Å². The van der Waals surface area contributed by atoms with Crippen LogP contribution in [0.3, 0.4) is 0 Å². The predicted octanol–water partition coefficient (Wildman–Crippen LogP) is 8.55. The van der Waals surface area contributed by atoms with E-state index in [2.05, 4.69) is 40.5 Å². The minimum absolute atomic E-state index is 0.0156. The van der Waals surface area contributed by atoms with Crippen LogP contribution < -0.4 is 9.47 Å². The van der Waals surface area contributed by atoms with Gasteiger partial charge in [-0.05, 0) is 56.0 Å². The van der Waals surface area contributed by atoms with Crippen molar-refractivity contribution in [3.8, 4) is 22.9 Å². The molecule has 10 heteroatoms. The van der Waals surface area contributed by atoms with Crippen LogP contribution in [-0.4, -0.2) is 43.7 Å². The van der Waals surface area contributed by atoms with E-state index < -0.39 is 11.4 Å². The monoisotopic (exact) mass is 668 g/mol. The normalized spacial score (nSPS) is 12.0. The number of benzene rings is 2. The molecule has 2 aromatic carbocycles. The number of hydrogen-bond donors (Lipinski definition) is 1. The Hall–Kier alpha value is -4.57. The van der Waals surface area contributed by atoms with Crippen molar-refractivity contribution in [3.63, 3.8) is 0 Å². The fraction of sp³-hybridized carbons (Fsp3) is 0.395. The minimum atomic E-state index is -1.11. The van der Waals surface area contributed by atoms with Crippen LogP contribution in [-0.2, 0) is 24.4 Å². The number of methoxy groups -OCH3 is 1. The van der Waals surface area contributed by atoms with Gasteiger partial charge >= 0.3 is 5.97 Å². The number of ether oxygens (including phenoxy) is 2. The van der Waals surface area contributed by atoms with Gasteiger partial charge < -0.3 is 19.1 Å². The molecule has 0 radical (unpaired) electrons. The average Bonchev–Trinajstić information content (AvgIpc) is 3.63. The number of aliphatic carboxylic acids is 1. The summed E-state index contributed by atoms with van der Waals surface area (Å²) in [7, 11) is 1.55. The molecule has 48 heavy (non-hydrogen) atoms. The predicted molar refractivity (Wildman–Crippen MR) is 189 cm³/mol. The second-order valence-electron chi connectivity index (χ2n) is 13.4. The Bertz CT molecular complexity index is 1900. The molecule has 3 heterocycles. The minimum Gasteiger partial charge on any atom is -0.487 e. The molecule has 3 aromatic heterocycles. The van der Waals surface area contributed by atoms with E-state index in [1.165, 1.54) is 0 Å². The number of aromatic nitrogens is 4. The molecule has 0 aliphatic carbocycles. The Balaban J connectivity index is 1.62. The molecular formula is C38H44N4O5S. The van der Waals surface area contributed by atoms with Crippen molar-refractivity contribution in [2.24, 2.45) is 10.8 Å². The van der Waals surface area contributed by atoms with Gasteiger partial charge in [-0.2, -0.15) is 0 Å². The summed E-state index contributed by atoms with van der Waals surface area (Å²) in [4.78, 5) is 31.4. The Morgan fingerprint density at radius 3 is 2.29 bits per heavy atom. The van der Waals surface area contributed by atoms with Gasteiger partial charge in [0.15, 0.2) is 5.78 Å². The molecule has 0 bridgehead atoms. The first-order chi connectivity index (χ1) is 22.9. The van der Waals surface area contributed by atoms with Crippen LogP contribution in [0.5, 0.6) is 11.6 Å². The van der Waals surface area contributed by atoms with E-state index in [1.807, 2.05) is 60.8 Å².